The Kier molecular flexibility index (Phi) is 5.16. The van der Waals surface area contributed by atoms with Crippen molar-refractivity contribution in [3.05, 3.63) is 71.8 Å². The first-order chi connectivity index (χ1) is 9.25. The molecule has 0 spiro atoms. The van der Waals surface area contributed by atoms with Gasteiger partial charge in [-0.1, -0.05) is 76.6 Å². The minimum atomic E-state index is -0.307. The van der Waals surface area contributed by atoms with Crippen LogP contribution in [0.3, 0.4) is 0 Å². The fourth-order valence-corrected chi connectivity index (χ4v) is 2.23. The van der Waals surface area contributed by atoms with Gasteiger partial charge >= 0.3 is 5.97 Å². The number of halogens is 1. The summed E-state index contributed by atoms with van der Waals surface area (Å²) in [6.45, 7) is 0.316. The van der Waals surface area contributed by atoms with Gasteiger partial charge in [0.15, 0.2) is 0 Å². The lowest BCUT2D eigenvalue weighted by Crippen LogP contribution is -2.19. The second-order valence-electron chi connectivity index (χ2n) is 4.25. The van der Waals surface area contributed by atoms with E-state index in [1.54, 1.807) is 0 Å². The van der Waals surface area contributed by atoms with Gasteiger partial charge < -0.3 is 4.74 Å². The normalized spacial score (nSPS) is 11.8. The third-order valence-corrected chi connectivity index (χ3v) is 3.43. The zero-order chi connectivity index (χ0) is 13.5. The van der Waals surface area contributed by atoms with Gasteiger partial charge in [0.1, 0.15) is 11.4 Å². The molecule has 0 unspecified atom stereocenters. The molecule has 0 aromatic heterocycles. The van der Waals surface area contributed by atoms with E-state index in [4.69, 9.17) is 4.74 Å². The fourth-order valence-electron chi connectivity index (χ4n) is 1.72. The van der Waals surface area contributed by atoms with Crippen molar-refractivity contribution in [2.75, 3.05) is 0 Å². The highest BCUT2D eigenvalue weighted by atomic mass is 79.9. The van der Waals surface area contributed by atoms with Crippen molar-refractivity contribution in [3.8, 4) is 0 Å². The Morgan fingerprint density at radius 2 is 1.47 bits per heavy atom. The highest BCUT2D eigenvalue weighted by Crippen LogP contribution is 2.12. The number of hydrogen-bond donors (Lipinski definition) is 0. The van der Waals surface area contributed by atoms with E-state index in [1.807, 2.05) is 60.7 Å². The standard InChI is InChI=1S/C16H15BrO2/c17-15(11-13-7-3-1-4-8-13)16(18)19-12-14-9-5-2-6-10-14/h1-10,15H,11-12H2/t15-/m1/s1. The van der Waals surface area contributed by atoms with E-state index in [9.17, 15) is 4.79 Å². The molecule has 0 aliphatic rings. The molecule has 2 aromatic carbocycles. The van der Waals surface area contributed by atoms with Crippen molar-refractivity contribution < 1.29 is 9.53 Å². The van der Waals surface area contributed by atoms with Crippen LogP contribution >= 0.6 is 15.9 Å². The summed E-state index contributed by atoms with van der Waals surface area (Å²) in [5.41, 5.74) is 2.11. The van der Waals surface area contributed by atoms with Crippen LogP contribution in [0.15, 0.2) is 60.7 Å². The Balaban J connectivity index is 1.83. The van der Waals surface area contributed by atoms with Crippen molar-refractivity contribution in [3.63, 3.8) is 0 Å². The molecule has 0 fully saturated rings. The monoisotopic (exact) mass is 318 g/mol. The molecule has 0 N–H and O–H groups in total. The lowest BCUT2D eigenvalue weighted by molar-refractivity contribution is -0.144. The third kappa shape index (κ3) is 4.52. The van der Waals surface area contributed by atoms with E-state index in [1.165, 1.54) is 0 Å². The zero-order valence-electron chi connectivity index (χ0n) is 10.5. The summed E-state index contributed by atoms with van der Waals surface area (Å²) in [6.07, 6.45) is 0.633. The quantitative estimate of drug-likeness (QED) is 0.620. The maximum atomic E-state index is 11.9. The van der Waals surface area contributed by atoms with Crippen LogP contribution in [0.25, 0.3) is 0 Å². The first-order valence-corrected chi connectivity index (χ1v) is 7.06. The van der Waals surface area contributed by atoms with Crippen molar-refractivity contribution >= 4 is 21.9 Å². The van der Waals surface area contributed by atoms with E-state index in [-0.39, 0.29) is 10.8 Å². The highest BCUT2D eigenvalue weighted by molar-refractivity contribution is 9.10. The molecule has 2 rings (SSSR count). The van der Waals surface area contributed by atoms with Crippen molar-refractivity contribution in [1.29, 1.82) is 0 Å². The number of carbonyl (C=O) groups is 1. The van der Waals surface area contributed by atoms with E-state index in [0.29, 0.717) is 13.0 Å². The summed E-state index contributed by atoms with van der Waals surface area (Å²) >= 11 is 3.38. The van der Waals surface area contributed by atoms with Gasteiger partial charge in [-0.15, -0.1) is 0 Å². The van der Waals surface area contributed by atoms with Gasteiger partial charge in [0, 0.05) is 0 Å². The second-order valence-corrected chi connectivity index (χ2v) is 5.36. The van der Waals surface area contributed by atoms with E-state index >= 15 is 0 Å². The average Bonchev–Trinajstić information content (AvgIpc) is 2.47. The molecule has 1 atom stereocenters. The summed E-state index contributed by atoms with van der Waals surface area (Å²) < 4.78 is 5.28. The predicted molar refractivity (Wildman–Crippen MR) is 79.1 cm³/mol. The fraction of sp³-hybridized carbons (Fsp3) is 0.188. The van der Waals surface area contributed by atoms with Crippen LogP contribution in [0.4, 0.5) is 0 Å². The average molecular weight is 319 g/mol. The summed E-state index contributed by atoms with van der Waals surface area (Å²) in [5.74, 6) is -0.229. The number of esters is 1. The predicted octanol–water partition coefficient (Wildman–Crippen LogP) is 3.74. The lowest BCUT2D eigenvalue weighted by atomic mass is 10.1. The maximum Gasteiger partial charge on any atom is 0.320 e. The molecular weight excluding hydrogens is 304 g/mol. The topological polar surface area (TPSA) is 26.3 Å². The second kappa shape index (κ2) is 7.10. The van der Waals surface area contributed by atoms with Gasteiger partial charge in [-0.3, -0.25) is 4.79 Å². The maximum absolute atomic E-state index is 11.9. The first-order valence-electron chi connectivity index (χ1n) is 6.14. The van der Waals surface area contributed by atoms with Crippen LogP contribution in [0.2, 0.25) is 0 Å². The van der Waals surface area contributed by atoms with Gasteiger partial charge in [-0.2, -0.15) is 0 Å². The van der Waals surface area contributed by atoms with Crippen LogP contribution in [-0.2, 0) is 22.6 Å². The van der Waals surface area contributed by atoms with Crippen LogP contribution in [-0.4, -0.2) is 10.8 Å². The number of alkyl halides is 1. The number of benzene rings is 2. The van der Waals surface area contributed by atoms with Gasteiger partial charge in [-0.05, 0) is 17.5 Å². The van der Waals surface area contributed by atoms with E-state index in [2.05, 4.69) is 15.9 Å². The number of hydrogen-bond acceptors (Lipinski definition) is 2. The van der Waals surface area contributed by atoms with Gasteiger partial charge in [0.2, 0.25) is 0 Å². The van der Waals surface area contributed by atoms with Gasteiger partial charge in [0.25, 0.3) is 0 Å². The number of rotatable bonds is 5. The number of carbonyl (C=O) groups excluding carboxylic acids is 1. The molecule has 0 heterocycles. The van der Waals surface area contributed by atoms with Gasteiger partial charge in [-0.25, -0.2) is 0 Å². The first kappa shape index (κ1) is 13.8. The Labute approximate surface area is 121 Å². The molecule has 0 radical (unpaired) electrons. The minimum Gasteiger partial charge on any atom is -0.460 e. The van der Waals surface area contributed by atoms with Crippen LogP contribution < -0.4 is 0 Å². The summed E-state index contributed by atoms with van der Waals surface area (Å²) in [5, 5.41) is 0. The smallest absolute Gasteiger partial charge is 0.320 e. The molecule has 3 heteroatoms. The molecule has 0 aliphatic heterocycles. The van der Waals surface area contributed by atoms with Gasteiger partial charge in [0.05, 0.1) is 0 Å². The van der Waals surface area contributed by atoms with Crippen LogP contribution in [0.5, 0.6) is 0 Å². The Bertz CT molecular complexity index is 511. The highest BCUT2D eigenvalue weighted by Gasteiger charge is 2.16. The Morgan fingerprint density at radius 3 is 2.05 bits per heavy atom. The molecule has 2 nitrogen and oxygen atoms in total. The van der Waals surface area contributed by atoms with Crippen molar-refractivity contribution in [2.45, 2.75) is 17.9 Å². The molecule has 0 amide bonds. The lowest BCUT2D eigenvalue weighted by Gasteiger charge is -2.10. The van der Waals surface area contributed by atoms with Crippen LogP contribution in [0.1, 0.15) is 11.1 Å². The molecule has 0 bridgehead atoms. The molecular formula is C16H15BrO2. The molecule has 98 valence electrons. The van der Waals surface area contributed by atoms with E-state index < -0.39 is 0 Å². The summed E-state index contributed by atoms with van der Waals surface area (Å²) in [7, 11) is 0. The van der Waals surface area contributed by atoms with Crippen molar-refractivity contribution in [1.82, 2.24) is 0 Å². The zero-order valence-corrected chi connectivity index (χ0v) is 12.0. The molecule has 2 aromatic rings. The van der Waals surface area contributed by atoms with Crippen molar-refractivity contribution in [2.24, 2.45) is 0 Å². The summed E-state index contributed by atoms with van der Waals surface area (Å²) in [4.78, 5) is 11.5. The molecule has 19 heavy (non-hydrogen) atoms. The van der Waals surface area contributed by atoms with Crippen LogP contribution in [0, 0.1) is 0 Å². The Morgan fingerprint density at radius 1 is 0.947 bits per heavy atom. The third-order valence-electron chi connectivity index (χ3n) is 2.74. The largest absolute Gasteiger partial charge is 0.460 e. The van der Waals surface area contributed by atoms with E-state index in [0.717, 1.165) is 11.1 Å². The SMILES string of the molecule is O=C(OCc1ccccc1)[C@H](Br)Cc1ccccc1. The molecule has 0 aliphatic carbocycles. The summed E-state index contributed by atoms with van der Waals surface area (Å²) in [6, 6.07) is 19.6. The molecule has 0 saturated carbocycles. The Hall–Kier alpha value is -1.61. The number of ether oxygens (including phenoxy) is 1. The minimum absolute atomic E-state index is 0.229. The molecule has 0 saturated heterocycles.